The Hall–Kier alpha value is -1.88. The van der Waals surface area contributed by atoms with Crippen molar-refractivity contribution >= 4 is 38.7 Å². The number of nitrogens with two attached hydrogens (primary N) is 2. The number of rotatable bonds is 3. The van der Waals surface area contributed by atoms with Crippen molar-refractivity contribution in [2.45, 2.75) is 6.42 Å². The number of amides is 1. The van der Waals surface area contributed by atoms with Crippen LogP contribution in [0.25, 0.3) is 16.3 Å². The van der Waals surface area contributed by atoms with E-state index in [1.807, 2.05) is 24.3 Å². The van der Waals surface area contributed by atoms with Gasteiger partial charge in [-0.15, -0.1) is 0 Å². The third-order valence-corrected chi connectivity index (χ3v) is 2.91. The number of carbonyl (C=O) groups excluding carboxylic acids is 1. The lowest BCUT2D eigenvalue weighted by molar-refractivity contribution is -0.117. The quantitative estimate of drug-likeness (QED) is 0.847. The van der Waals surface area contributed by atoms with Gasteiger partial charge in [0.15, 0.2) is 5.13 Å². The molecule has 0 aliphatic heterocycles. The summed E-state index contributed by atoms with van der Waals surface area (Å²) in [5.41, 5.74) is 12.6. The highest BCUT2D eigenvalue weighted by Crippen LogP contribution is 2.24. The summed E-state index contributed by atoms with van der Waals surface area (Å²) in [4.78, 5) is 14.7. The van der Waals surface area contributed by atoms with Crippen LogP contribution in [0.1, 0.15) is 12.0 Å². The predicted molar refractivity (Wildman–Crippen MR) is 66.9 cm³/mol. The van der Waals surface area contributed by atoms with Gasteiger partial charge in [-0.2, -0.15) is 0 Å². The van der Waals surface area contributed by atoms with E-state index >= 15 is 0 Å². The summed E-state index contributed by atoms with van der Waals surface area (Å²) in [7, 11) is 0. The van der Waals surface area contributed by atoms with E-state index in [9.17, 15) is 4.79 Å². The SMILES string of the molecule is NC(=O)CC=Cc1ccc2nc(N)sc2c1. The van der Waals surface area contributed by atoms with Crippen LogP contribution in [0.3, 0.4) is 0 Å². The molecule has 0 spiro atoms. The standard InChI is InChI=1S/C11H11N3OS/c12-10(15)3-1-2-7-4-5-8-9(6-7)16-11(13)14-8/h1-2,4-6H,3H2,(H2,12,15)(H2,13,14). The molecule has 0 saturated carbocycles. The number of hydrogen-bond acceptors (Lipinski definition) is 4. The number of hydrogen-bond donors (Lipinski definition) is 2. The number of thiazole rings is 1. The van der Waals surface area contributed by atoms with Crippen LogP contribution in [0.2, 0.25) is 0 Å². The van der Waals surface area contributed by atoms with Crippen molar-refractivity contribution in [2.24, 2.45) is 5.73 Å². The van der Waals surface area contributed by atoms with Crippen LogP contribution >= 0.6 is 11.3 Å². The number of nitrogen functional groups attached to an aromatic ring is 1. The summed E-state index contributed by atoms with van der Waals surface area (Å²) in [5.74, 6) is -0.334. The normalized spacial score (nSPS) is 11.2. The Kier molecular flexibility index (Phi) is 2.87. The van der Waals surface area contributed by atoms with E-state index in [1.165, 1.54) is 11.3 Å². The van der Waals surface area contributed by atoms with Gasteiger partial charge in [-0.1, -0.05) is 29.6 Å². The molecule has 0 atom stereocenters. The molecular formula is C11H11N3OS. The Bertz CT molecular complexity index is 559. The van der Waals surface area contributed by atoms with Gasteiger partial charge in [0.1, 0.15) is 0 Å². The van der Waals surface area contributed by atoms with Gasteiger partial charge in [0.25, 0.3) is 0 Å². The maximum atomic E-state index is 10.6. The molecule has 0 saturated heterocycles. The van der Waals surface area contributed by atoms with Crippen molar-refractivity contribution in [3.8, 4) is 0 Å². The number of primary amides is 1. The first-order valence-electron chi connectivity index (χ1n) is 4.76. The Labute approximate surface area is 96.6 Å². The van der Waals surface area contributed by atoms with Crippen molar-refractivity contribution in [1.29, 1.82) is 0 Å². The molecule has 0 aliphatic carbocycles. The molecular weight excluding hydrogens is 222 g/mol. The van der Waals surface area contributed by atoms with Crippen LogP contribution in [0, 0.1) is 0 Å². The molecule has 0 fully saturated rings. The number of nitrogens with zero attached hydrogens (tertiary/aromatic N) is 1. The molecule has 0 aliphatic rings. The minimum atomic E-state index is -0.334. The highest BCUT2D eigenvalue weighted by Gasteiger charge is 2.00. The molecule has 2 rings (SSSR count). The number of fused-ring (bicyclic) bond motifs is 1. The zero-order valence-electron chi connectivity index (χ0n) is 8.51. The first-order chi connectivity index (χ1) is 7.65. The molecule has 0 radical (unpaired) electrons. The average Bonchev–Trinajstić information content (AvgIpc) is 2.56. The van der Waals surface area contributed by atoms with Crippen LogP contribution in [0.15, 0.2) is 24.3 Å². The van der Waals surface area contributed by atoms with Crippen LogP contribution in [0.5, 0.6) is 0 Å². The molecule has 0 bridgehead atoms. The summed E-state index contributed by atoms with van der Waals surface area (Å²) >= 11 is 1.45. The number of carbonyl (C=O) groups is 1. The van der Waals surface area contributed by atoms with E-state index in [2.05, 4.69) is 4.98 Å². The number of aromatic nitrogens is 1. The minimum Gasteiger partial charge on any atom is -0.375 e. The molecule has 5 heteroatoms. The molecule has 82 valence electrons. The summed E-state index contributed by atoms with van der Waals surface area (Å²) in [6.45, 7) is 0. The molecule has 1 amide bonds. The molecule has 4 N–H and O–H groups in total. The predicted octanol–water partition coefficient (Wildman–Crippen LogP) is 1.77. The van der Waals surface area contributed by atoms with E-state index in [4.69, 9.17) is 11.5 Å². The van der Waals surface area contributed by atoms with Crippen molar-refractivity contribution in [2.75, 3.05) is 5.73 Å². The zero-order chi connectivity index (χ0) is 11.5. The van der Waals surface area contributed by atoms with Gasteiger partial charge in [-0.05, 0) is 17.7 Å². The van der Waals surface area contributed by atoms with Gasteiger partial charge < -0.3 is 11.5 Å². The van der Waals surface area contributed by atoms with E-state index in [0.717, 1.165) is 15.8 Å². The van der Waals surface area contributed by atoms with E-state index in [1.54, 1.807) is 6.08 Å². The second kappa shape index (κ2) is 4.32. The Balaban J connectivity index is 2.25. The lowest BCUT2D eigenvalue weighted by Crippen LogP contribution is -2.07. The Morgan fingerprint density at radius 3 is 3.06 bits per heavy atom. The van der Waals surface area contributed by atoms with Gasteiger partial charge >= 0.3 is 0 Å². The zero-order valence-corrected chi connectivity index (χ0v) is 9.33. The Morgan fingerprint density at radius 2 is 2.31 bits per heavy atom. The molecule has 0 unspecified atom stereocenters. The summed E-state index contributed by atoms with van der Waals surface area (Å²) in [6.07, 6.45) is 3.86. The minimum absolute atomic E-state index is 0.253. The van der Waals surface area contributed by atoms with Gasteiger partial charge in [0.05, 0.1) is 10.2 Å². The van der Waals surface area contributed by atoms with E-state index in [-0.39, 0.29) is 12.3 Å². The summed E-state index contributed by atoms with van der Waals surface area (Å²) in [6, 6.07) is 5.83. The van der Waals surface area contributed by atoms with E-state index in [0.29, 0.717) is 5.13 Å². The van der Waals surface area contributed by atoms with Crippen molar-refractivity contribution in [1.82, 2.24) is 4.98 Å². The van der Waals surface area contributed by atoms with Gasteiger partial charge in [0.2, 0.25) is 5.91 Å². The smallest absolute Gasteiger partial charge is 0.221 e. The van der Waals surface area contributed by atoms with Gasteiger partial charge in [-0.3, -0.25) is 4.79 Å². The molecule has 4 nitrogen and oxygen atoms in total. The largest absolute Gasteiger partial charge is 0.375 e. The fourth-order valence-electron chi connectivity index (χ4n) is 1.37. The van der Waals surface area contributed by atoms with Crippen molar-refractivity contribution < 1.29 is 4.79 Å². The van der Waals surface area contributed by atoms with Crippen LogP contribution in [-0.4, -0.2) is 10.9 Å². The van der Waals surface area contributed by atoms with Crippen LogP contribution < -0.4 is 11.5 Å². The maximum absolute atomic E-state index is 10.6. The number of benzene rings is 1. The van der Waals surface area contributed by atoms with Gasteiger partial charge in [0, 0.05) is 6.42 Å². The van der Waals surface area contributed by atoms with Gasteiger partial charge in [-0.25, -0.2) is 4.98 Å². The summed E-state index contributed by atoms with van der Waals surface area (Å²) < 4.78 is 1.04. The highest BCUT2D eigenvalue weighted by atomic mass is 32.1. The molecule has 2 aromatic rings. The lowest BCUT2D eigenvalue weighted by Gasteiger charge is -1.92. The topological polar surface area (TPSA) is 82.0 Å². The first-order valence-corrected chi connectivity index (χ1v) is 5.58. The first kappa shape index (κ1) is 10.6. The average molecular weight is 233 g/mol. The van der Waals surface area contributed by atoms with Crippen molar-refractivity contribution in [3.05, 3.63) is 29.8 Å². The fourth-order valence-corrected chi connectivity index (χ4v) is 2.16. The number of anilines is 1. The monoisotopic (exact) mass is 233 g/mol. The Morgan fingerprint density at radius 1 is 1.50 bits per heavy atom. The fraction of sp³-hybridized carbons (Fsp3) is 0.0909. The molecule has 1 aromatic carbocycles. The second-order valence-corrected chi connectivity index (χ2v) is 4.41. The molecule has 1 heterocycles. The molecule has 1 aromatic heterocycles. The third kappa shape index (κ3) is 2.38. The van der Waals surface area contributed by atoms with Crippen LogP contribution in [0.4, 0.5) is 5.13 Å². The lowest BCUT2D eigenvalue weighted by atomic mass is 10.2. The van der Waals surface area contributed by atoms with Crippen LogP contribution in [-0.2, 0) is 4.79 Å². The second-order valence-electron chi connectivity index (χ2n) is 3.35. The maximum Gasteiger partial charge on any atom is 0.221 e. The van der Waals surface area contributed by atoms with E-state index < -0.39 is 0 Å². The third-order valence-electron chi connectivity index (χ3n) is 2.06. The van der Waals surface area contributed by atoms with Crippen molar-refractivity contribution in [3.63, 3.8) is 0 Å². The summed E-state index contributed by atoms with van der Waals surface area (Å²) in [5, 5.41) is 0.563. The highest BCUT2D eigenvalue weighted by molar-refractivity contribution is 7.22. The molecule has 16 heavy (non-hydrogen) atoms.